The first kappa shape index (κ1) is 17.9. The Morgan fingerprint density at radius 2 is 2.08 bits per heavy atom. The van der Waals surface area contributed by atoms with Crippen LogP contribution in [-0.4, -0.2) is 23.1 Å². The highest BCUT2D eigenvalue weighted by atomic mass is 127. The fraction of sp³-hybridized carbons (Fsp3) is 0.118. The number of halogens is 2. The highest BCUT2D eigenvalue weighted by molar-refractivity contribution is 14.1. The molecule has 0 unspecified atom stereocenters. The number of nitrogens with zero attached hydrogens (tertiary/aromatic N) is 2. The summed E-state index contributed by atoms with van der Waals surface area (Å²) in [6.07, 6.45) is 0. The van der Waals surface area contributed by atoms with Gasteiger partial charge >= 0.3 is 0 Å². The molecule has 0 aliphatic rings. The average Bonchev–Trinajstić information content (AvgIpc) is 2.92. The van der Waals surface area contributed by atoms with Gasteiger partial charge in [-0.15, -0.1) is 10.2 Å². The number of carbonyl (C=O) groups excluding carboxylic acids is 1. The minimum Gasteiger partial charge on any atom is -0.496 e. The molecular formula is C17H13BrIN3O3. The van der Waals surface area contributed by atoms with Crippen molar-refractivity contribution in [3.8, 4) is 11.6 Å². The van der Waals surface area contributed by atoms with E-state index >= 15 is 0 Å². The van der Waals surface area contributed by atoms with Crippen LogP contribution in [0.25, 0.3) is 10.9 Å². The summed E-state index contributed by atoms with van der Waals surface area (Å²) in [4.78, 5) is 15.1. The largest absolute Gasteiger partial charge is 0.496 e. The molecule has 0 atom stereocenters. The number of aromatic amines is 1. The molecule has 0 bridgehead atoms. The van der Waals surface area contributed by atoms with E-state index in [1.807, 2.05) is 19.1 Å². The van der Waals surface area contributed by atoms with Crippen molar-refractivity contribution in [1.29, 1.82) is 0 Å². The van der Waals surface area contributed by atoms with E-state index in [0.29, 0.717) is 22.2 Å². The molecule has 2 aromatic carbocycles. The van der Waals surface area contributed by atoms with Gasteiger partial charge in [-0.2, -0.15) is 0 Å². The van der Waals surface area contributed by atoms with Crippen LogP contribution in [0, 0.1) is 10.5 Å². The number of amides is 1. The summed E-state index contributed by atoms with van der Waals surface area (Å²) in [5.74, 6) is 0.0445. The lowest BCUT2D eigenvalue weighted by atomic mass is 10.1. The highest BCUT2D eigenvalue weighted by Crippen LogP contribution is 2.41. The second-order valence-electron chi connectivity index (χ2n) is 5.30. The van der Waals surface area contributed by atoms with Gasteiger partial charge in [-0.25, -0.2) is 0 Å². The number of ether oxygens (including phenoxy) is 1. The van der Waals surface area contributed by atoms with Gasteiger partial charge in [0.05, 0.1) is 16.2 Å². The Hall–Kier alpha value is -1.94. The Labute approximate surface area is 165 Å². The van der Waals surface area contributed by atoms with Gasteiger partial charge in [-0.05, 0) is 75.3 Å². The first-order valence-electron chi connectivity index (χ1n) is 7.21. The van der Waals surface area contributed by atoms with E-state index in [4.69, 9.17) is 4.74 Å². The summed E-state index contributed by atoms with van der Waals surface area (Å²) in [5.41, 5.74) is 2.31. The molecule has 2 N–H and O–H groups in total. The number of methoxy groups -OCH3 is 1. The molecule has 0 radical (unpaired) electrons. The third-order valence-electron chi connectivity index (χ3n) is 3.69. The predicted octanol–water partition coefficient (Wildman–Crippen LogP) is 5.48. The zero-order valence-electron chi connectivity index (χ0n) is 13.3. The molecule has 0 saturated heterocycles. The molecule has 25 heavy (non-hydrogen) atoms. The molecule has 0 aliphatic carbocycles. The first-order valence-corrected chi connectivity index (χ1v) is 9.09. The van der Waals surface area contributed by atoms with E-state index in [-0.39, 0.29) is 11.6 Å². The number of nitrogens with one attached hydrogen (secondary N) is 1. The molecule has 1 aromatic heterocycles. The first-order chi connectivity index (χ1) is 11.9. The number of H-pyrrole nitrogens is 1. The number of fused-ring (bicyclic) bond motifs is 1. The average molecular weight is 514 g/mol. The monoisotopic (exact) mass is 513 g/mol. The molecule has 1 heterocycles. The minimum atomic E-state index is -0.502. The van der Waals surface area contributed by atoms with Crippen LogP contribution in [0.2, 0.25) is 0 Å². The van der Waals surface area contributed by atoms with Gasteiger partial charge in [0.1, 0.15) is 5.75 Å². The third-order valence-corrected chi connectivity index (χ3v) is 5.55. The van der Waals surface area contributed by atoms with E-state index in [1.165, 1.54) is 0 Å². The molecular weight excluding hydrogens is 501 g/mol. The Morgan fingerprint density at radius 3 is 2.76 bits per heavy atom. The van der Waals surface area contributed by atoms with Gasteiger partial charge in [0.25, 0.3) is 5.91 Å². The zero-order chi connectivity index (χ0) is 18.1. The van der Waals surface area contributed by atoms with Crippen LogP contribution in [-0.2, 0) is 0 Å². The van der Waals surface area contributed by atoms with Crippen LogP contribution in [0.4, 0.5) is 5.69 Å². The molecule has 8 heteroatoms. The molecule has 0 fully saturated rings. The van der Waals surface area contributed by atoms with Crippen LogP contribution in [0.3, 0.4) is 0 Å². The maximum atomic E-state index is 12.3. The Morgan fingerprint density at radius 1 is 1.32 bits per heavy atom. The summed E-state index contributed by atoms with van der Waals surface area (Å²) >= 11 is 5.57. The summed E-state index contributed by atoms with van der Waals surface area (Å²) in [7, 11) is 1.57. The number of hydrogen-bond acceptors (Lipinski definition) is 4. The summed E-state index contributed by atoms with van der Waals surface area (Å²) in [6.45, 7) is 1.93. The molecule has 128 valence electrons. The normalized spacial score (nSPS) is 11.4. The van der Waals surface area contributed by atoms with Crippen molar-refractivity contribution in [3.05, 3.63) is 49.5 Å². The van der Waals surface area contributed by atoms with Crippen LogP contribution in [0.5, 0.6) is 11.6 Å². The summed E-state index contributed by atoms with van der Waals surface area (Å²) < 4.78 is 6.77. The van der Waals surface area contributed by atoms with Gasteiger partial charge in [-0.3, -0.25) is 4.79 Å². The molecule has 0 saturated carbocycles. The van der Waals surface area contributed by atoms with Crippen molar-refractivity contribution in [2.75, 3.05) is 7.11 Å². The SMILES string of the molecule is COc1ccc(C(=O)N=Nc2c(O)[nH]c3ccc(C)c(Br)c23)cc1I. The Bertz CT molecular complexity index is 1010. The lowest BCUT2D eigenvalue weighted by Crippen LogP contribution is -1.96. The van der Waals surface area contributed by atoms with E-state index in [0.717, 1.165) is 13.6 Å². The number of aryl methyl sites for hydroxylation is 1. The van der Waals surface area contributed by atoms with E-state index in [1.54, 1.807) is 25.3 Å². The van der Waals surface area contributed by atoms with E-state index < -0.39 is 5.91 Å². The summed E-state index contributed by atoms with van der Waals surface area (Å²) in [6, 6.07) is 8.75. The maximum absolute atomic E-state index is 12.3. The van der Waals surface area contributed by atoms with Crippen LogP contribution in [0.15, 0.2) is 45.0 Å². The molecule has 0 aliphatic heterocycles. The number of carbonyl (C=O) groups is 1. The topological polar surface area (TPSA) is 87.0 Å². The van der Waals surface area contributed by atoms with Crippen LogP contribution in [0.1, 0.15) is 15.9 Å². The highest BCUT2D eigenvalue weighted by Gasteiger charge is 2.16. The molecule has 1 amide bonds. The molecule has 3 rings (SSSR count). The predicted molar refractivity (Wildman–Crippen MR) is 107 cm³/mol. The Balaban J connectivity index is 1.98. The van der Waals surface area contributed by atoms with Gasteiger partial charge in [0.2, 0.25) is 5.88 Å². The van der Waals surface area contributed by atoms with E-state index in [2.05, 4.69) is 53.7 Å². The number of aromatic nitrogens is 1. The van der Waals surface area contributed by atoms with Crippen molar-refractivity contribution in [3.63, 3.8) is 0 Å². The zero-order valence-corrected chi connectivity index (χ0v) is 17.0. The number of hydrogen-bond donors (Lipinski definition) is 2. The quantitative estimate of drug-likeness (QED) is 0.359. The van der Waals surface area contributed by atoms with Crippen LogP contribution < -0.4 is 4.74 Å². The minimum absolute atomic E-state index is 0.137. The number of azo groups is 1. The second kappa shape index (κ2) is 7.12. The fourth-order valence-corrected chi connectivity index (χ4v) is 3.64. The molecule has 0 spiro atoms. The molecule has 6 nitrogen and oxygen atoms in total. The lowest BCUT2D eigenvalue weighted by molar-refractivity contribution is 0.0995. The van der Waals surface area contributed by atoms with Gasteiger partial charge < -0.3 is 14.8 Å². The van der Waals surface area contributed by atoms with Gasteiger partial charge in [0, 0.05) is 15.4 Å². The standard InChI is InChI=1S/C17H13BrIN3O3/c1-8-3-5-11-13(14(8)18)15(17(24)20-11)21-22-16(23)9-4-6-12(25-2)10(19)7-9/h3-7,20,24H,1-2H3. The van der Waals surface area contributed by atoms with Crippen molar-refractivity contribution < 1.29 is 14.6 Å². The number of benzene rings is 2. The van der Waals surface area contributed by atoms with Crippen molar-refractivity contribution >= 4 is 61.0 Å². The molecule has 3 aromatic rings. The Kier molecular flexibility index (Phi) is 5.09. The van der Waals surface area contributed by atoms with Crippen molar-refractivity contribution in [2.45, 2.75) is 6.92 Å². The maximum Gasteiger partial charge on any atom is 0.295 e. The second-order valence-corrected chi connectivity index (χ2v) is 7.25. The van der Waals surface area contributed by atoms with E-state index in [9.17, 15) is 9.90 Å². The lowest BCUT2D eigenvalue weighted by Gasteiger charge is -2.03. The van der Waals surface area contributed by atoms with Crippen molar-refractivity contribution in [2.24, 2.45) is 10.2 Å². The fourth-order valence-electron chi connectivity index (χ4n) is 2.37. The third kappa shape index (κ3) is 3.40. The summed E-state index contributed by atoms with van der Waals surface area (Å²) in [5, 5.41) is 18.5. The number of rotatable bonds is 3. The smallest absolute Gasteiger partial charge is 0.295 e. The van der Waals surface area contributed by atoms with Gasteiger partial charge in [0.15, 0.2) is 5.69 Å². The number of aromatic hydroxyl groups is 1. The van der Waals surface area contributed by atoms with Crippen molar-refractivity contribution in [1.82, 2.24) is 4.98 Å². The van der Waals surface area contributed by atoms with Crippen LogP contribution >= 0.6 is 38.5 Å². The van der Waals surface area contributed by atoms with Gasteiger partial charge in [-0.1, -0.05) is 6.07 Å².